The highest BCUT2D eigenvalue weighted by atomic mass is 16.4. The average molecular weight is 262 g/mol. The van der Waals surface area contributed by atoms with Crippen LogP contribution in [-0.2, 0) is 0 Å². The van der Waals surface area contributed by atoms with Crippen molar-refractivity contribution in [3.05, 3.63) is 23.8 Å². The summed E-state index contributed by atoms with van der Waals surface area (Å²) < 4.78 is 5.54. The van der Waals surface area contributed by atoms with Crippen molar-refractivity contribution in [1.29, 1.82) is 0 Å². The lowest BCUT2D eigenvalue weighted by molar-refractivity contribution is 0.0697. The van der Waals surface area contributed by atoms with Gasteiger partial charge in [0.05, 0.1) is 5.56 Å². The van der Waals surface area contributed by atoms with Crippen molar-refractivity contribution in [2.75, 3.05) is 5.32 Å². The second-order valence-electron chi connectivity index (χ2n) is 4.83. The smallest absolute Gasteiger partial charge is 0.335 e. The van der Waals surface area contributed by atoms with Crippen LogP contribution in [-0.4, -0.2) is 22.1 Å². The molecule has 1 heterocycles. The molecule has 2 unspecified atom stereocenters. The lowest BCUT2D eigenvalue weighted by atomic mass is 10.0. The first-order valence-electron chi connectivity index (χ1n) is 6.41. The van der Waals surface area contributed by atoms with Gasteiger partial charge in [-0.05, 0) is 31.0 Å². The molecular weight excluding hydrogens is 244 g/mol. The number of carboxylic acid groups (broad SMARTS) is 1. The van der Waals surface area contributed by atoms with E-state index in [-0.39, 0.29) is 11.6 Å². The van der Waals surface area contributed by atoms with Gasteiger partial charge in [-0.25, -0.2) is 4.79 Å². The maximum Gasteiger partial charge on any atom is 0.335 e. The molecule has 2 atom stereocenters. The fourth-order valence-electron chi connectivity index (χ4n) is 1.81. The normalized spacial score (nSPS) is 14.3. The topological polar surface area (TPSA) is 75.4 Å². The van der Waals surface area contributed by atoms with E-state index in [9.17, 15) is 4.79 Å². The van der Waals surface area contributed by atoms with Crippen molar-refractivity contribution in [3.8, 4) is 0 Å². The van der Waals surface area contributed by atoms with Crippen LogP contribution in [0.15, 0.2) is 22.6 Å². The Morgan fingerprint density at radius 1 is 1.47 bits per heavy atom. The number of rotatable bonds is 5. The number of anilines is 1. The average Bonchev–Trinajstić information content (AvgIpc) is 2.78. The molecule has 2 aromatic rings. The molecule has 2 N–H and O–H groups in total. The quantitative estimate of drug-likeness (QED) is 0.864. The van der Waals surface area contributed by atoms with E-state index in [1.54, 1.807) is 6.07 Å². The maximum atomic E-state index is 10.9. The number of aromatic carboxylic acids is 1. The van der Waals surface area contributed by atoms with Gasteiger partial charge >= 0.3 is 5.97 Å². The number of hydrogen-bond acceptors (Lipinski definition) is 4. The van der Waals surface area contributed by atoms with Crippen LogP contribution in [0.25, 0.3) is 11.1 Å². The van der Waals surface area contributed by atoms with Gasteiger partial charge in [-0.1, -0.05) is 20.3 Å². The molecule has 102 valence electrons. The third-order valence-electron chi connectivity index (χ3n) is 3.48. The zero-order chi connectivity index (χ0) is 14.0. The predicted molar refractivity (Wildman–Crippen MR) is 73.5 cm³/mol. The third kappa shape index (κ3) is 2.86. The minimum absolute atomic E-state index is 0.199. The van der Waals surface area contributed by atoms with E-state index < -0.39 is 5.97 Å². The second kappa shape index (κ2) is 5.30. The molecule has 5 nitrogen and oxygen atoms in total. The number of hydrogen-bond donors (Lipinski definition) is 2. The van der Waals surface area contributed by atoms with Crippen LogP contribution < -0.4 is 5.32 Å². The standard InChI is InChI=1S/C14H18N2O3/c1-4-8(2)9(3)15-14-16-11-6-5-10(13(17)18)7-12(11)19-14/h5-9H,4H2,1-3H3,(H,15,16)(H,17,18). The Bertz CT molecular complexity index is 591. The Labute approximate surface area is 111 Å². The molecule has 0 spiro atoms. The van der Waals surface area contributed by atoms with Crippen LogP contribution in [0.3, 0.4) is 0 Å². The molecule has 0 fully saturated rings. The minimum atomic E-state index is -0.971. The molecule has 1 aromatic heterocycles. The number of carbonyl (C=O) groups is 1. The van der Waals surface area contributed by atoms with Crippen molar-refractivity contribution < 1.29 is 14.3 Å². The highest BCUT2D eigenvalue weighted by Crippen LogP contribution is 2.22. The number of benzene rings is 1. The van der Waals surface area contributed by atoms with Crippen molar-refractivity contribution in [1.82, 2.24) is 4.98 Å². The van der Waals surface area contributed by atoms with Gasteiger partial charge in [-0.2, -0.15) is 4.98 Å². The van der Waals surface area contributed by atoms with E-state index in [0.29, 0.717) is 23.0 Å². The fourth-order valence-corrected chi connectivity index (χ4v) is 1.81. The Balaban J connectivity index is 2.24. The number of nitrogens with one attached hydrogen (secondary N) is 1. The van der Waals surface area contributed by atoms with Crippen molar-refractivity contribution >= 4 is 23.1 Å². The minimum Gasteiger partial charge on any atom is -0.478 e. The summed E-state index contributed by atoms with van der Waals surface area (Å²) in [7, 11) is 0. The summed E-state index contributed by atoms with van der Waals surface area (Å²) in [5.41, 5.74) is 1.34. The summed E-state index contributed by atoms with van der Waals surface area (Å²) in [6, 6.07) is 5.35. The molecule has 0 aliphatic carbocycles. The summed E-state index contributed by atoms with van der Waals surface area (Å²) in [6.45, 7) is 6.36. The van der Waals surface area contributed by atoms with E-state index in [2.05, 4.69) is 31.1 Å². The molecular formula is C14H18N2O3. The first-order chi connectivity index (χ1) is 9.01. The summed E-state index contributed by atoms with van der Waals surface area (Å²) in [5.74, 6) is -0.467. The SMILES string of the molecule is CCC(C)C(C)Nc1nc2ccc(C(=O)O)cc2o1. The number of aromatic nitrogens is 1. The molecule has 19 heavy (non-hydrogen) atoms. The zero-order valence-electron chi connectivity index (χ0n) is 11.3. The van der Waals surface area contributed by atoms with E-state index in [1.807, 2.05) is 0 Å². The predicted octanol–water partition coefficient (Wildman–Crippen LogP) is 3.37. The van der Waals surface area contributed by atoms with Crippen LogP contribution in [0.1, 0.15) is 37.6 Å². The molecule has 0 saturated heterocycles. The monoisotopic (exact) mass is 262 g/mol. The summed E-state index contributed by atoms with van der Waals surface area (Å²) in [4.78, 5) is 15.2. The van der Waals surface area contributed by atoms with Gasteiger partial charge in [0.2, 0.25) is 0 Å². The molecule has 0 aliphatic rings. The summed E-state index contributed by atoms with van der Waals surface area (Å²) >= 11 is 0. The van der Waals surface area contributed by atoms with E-state index in [1.165, 1.54) is 12.1 Å². The maximum absolute atomic E-state index is 10.9. The van der Waals surface area contributed by atoms with Crippen LogP contribution in [0.4, 0.5) is 6.01 Å². The fraction of sp³-hybridized carbons (Fsp3) is 0.429. The van der Waals surface area contributed by atoms with E-state index >= 15 is 0 Å². The van der Waals surface area contributed by atoms with Gasteiger partial charge in [0, 0.05) is 6.04 Å². The molecule has 0 saturated carbocycles. The molecule has 0 amide bonds. The highest BCUT2D eigenvalue weighted by Gasteiger charge is 2.14. The number of oxazole rings is 1. The Morgan fingerprint density at radius 3 is 2.84 bits per heavy atom. The zero-order valence-corrected chi connectivity index (χ0v) is 11.3. The van der Waals surface area contributed by atoms with Gasteiger partial charge in [-0.3, -0.25) is 0 Å². The first-order valence-corrected chi connectivity index (χ1v) is 6.41. The van der Waals surface area contributed by atoms with Crippen LogP contribution in [0.5, 0.6) is 0 Å². The Kier molecular flexibility index (Phi) is 3.74. The number of fused-ring (bicyclic) bond motifs is 1. The Hall–Kier alpha value is -2.04. The summed E-state index contributed by atoms with van der Waals surface area (Å²) in [5, 5.41) is 12.1. The largest absolute Gasteiger partial charge is 0.478 e. The molecule has 1 aromatic carbocycles. The van der Waals surface area contributed by atoms with Gasteiger partial charge in [0.25, 0.3) is 6.01 Å². The van der Waals surface area contributed by atoms with E-state index in [4.69, 9.17) is 9.52 Å². The van der Waals surface area contributed by atoms with E-state index in [0.717, 1.165) is 6.42 Å². The molecule has 0 radical (unpaired) electrons. The van der Waals surface area contributed by atoms with Crippen LogP contribution in [0.2, 0.25) is 0 Å². The molecule has 5 heteroatoms. The van der Waals surface area contributed by atoms with Crippen molar-refractivity contribution in [2.45, 2.75) is 33.2 Å². The van der Waals surface area contributed by atoms with Crippen molar-refractivity contribution in [3.63, 3.8) is 0 Å². The Morgan fingerprint density at radius 2 is 2.21 bits per heavy atom. The van der Waals surface area contributed by atoms with Gasteiger partial charge in [0.1, 0.15) is 5.52 Å². The lowest BCUT2D eigenvalue weighted by Gasteiger charge is -2.18. The molecule has 0 bridgehead atoms. The van der Waals surface area contributed by atoms with Gasteiger partial charge in [-0.15, -0.1) is 0 Å². The highest BCUT2D eigenvalue weighted by molar-refractivity contribution is 5.92. The number of carboxylic acids is 1. The van der Waals surface area contributed by atoms with Gasteiger partial charge in [0.15, 0.2) is 5.58 Å². The van der Waals surface area contributed by atoms with Crippen LogP contribution >= 0.6 is 0 Å². The molecule has 2 rings (SSSR count). The second-order valence-corrected chi connectivity index (χ2v) is 4.83. The summed E-state index contributed by atoms with van der Waals surface area (Å²) in [6.07, 6.45) is 1.07. The number of nitrogens with zero attached hydrogens (tertiary/aromatic N) is 1. The van der Waals surface area contributed by atoms with Gasteiger partial charge < -0.3 is 14.8 Å². The van der Waals surface area contributed by atoms with Crippen molar-refractivity contribution in [2.24, 2.45) is 5.92 Å². The van der Waals surface area contributed by atoms with Crippen LogP contribution in [0, 0.1) is 5.92 Å². The third-order valence-corrected chi connectivity index (χ3v) is 3.48. The first kappa shape index (κ1) is 13.4. The lowest BCUT2D eigenvalue weighted by Crippen LogP contribution is -2.23. The molecule has 0 aliphatic heterocycles.